The maximum absolute atomic E-state index is 12.3. The molecule has 1 saturated carbocycles. The molecule has 0 saturated heterocycles. The molecule has 0 bridgehead atoms. The molecule has 0 atom stereocenters. The summed E-state index contributed by atoms with van der Waals surface area (Å²) >= 11 is 1.57. The molecular weight excluding hydrogens is 350 g/mol. The molecule has 2 N–H and O–H groups in total. The Morgan fingerprint density at radius 2 is 2.12 bits per heavy atom. The van der Waals surface area contributed by atoms with Gasteiger partial charge in [0.2, 0.25) is 0 Å². The van der Waals surface area contributed by atoms with Gasteiger partial charge in [-0.2, -0.15) is 0 Å². The Morgan fingerprint density at radius 3 is 2.85 bits per heavy atom. The van der Waals surface area contributed by atoms with Crippen LogP contribution in [0, 0.1) is 5.92 Å². The van der Waals surface area contributed by atoms with Crippen molar-refractivity contribution in [3.8, 4) is 11.3 Å². The Bertz CT molecular complexity index is 884. The average Bonchev–Trinajstić information content (AvgIpc) is 3.31. The number of thiazole rings is 1. The van der Waals surface area contributed by atoms with E-state index in [1.807, 2.05) is 30.3 Å². The number of hydrogen-bond donors (Lipinski definition) is 2. The van der Waals surface area contributed by atoms with Gasteiger partial charge < -0.3 is 14.9 Å². The van der Waals surface area contributed by atoms with Gasteiger partial charge in [-0.25, -0.2) is 4.98 Å². The lowest BCUT2D eigenvalue weighted by atomic mass is 9.75. The zero-order valence-corrected chi connectivity index (χ0v) is 14.9. The smallest absolute Gasteiger partial charge is 0.273 e. The Balaban J connectivity index is 1.27. The van der Waals surface area contributed by atoms with Crippen LogP contribution in [0.1, 0.15) is 39.1 Å². The first-order valence-electron chi connectivity index (χ1n) is 8.58. The minimum Gasteiger partial charge on any atom is -0.391 e. The Kier molecular flexibility index (Phi) is 4.81. The molecule has 26 heavy (non-hydrogen) atoms. The normalized spacial score (nSPS) is 19.1. The fourth-order valence-corrected chi connectivity index (χ4v) is 4.04. The molecule has 6 nitrogen and oxygen atoms in total. The molecule has 2 heterocycles. The highest BCUT2D eigenvalue weighted by Gasteiger charge is 2.32. The number of aliphatic hydroxyl groups is 1. The molecule has 0 spiro atoms. The summed E-state index contributed by atoms with van der Waals surface area (Å²) in [7, 11) is 0. The van der Waals surface area contributed by atoms with E-state index in [1.165, 1.54) is 0 Å². The summed E-state index contributed by atoms with van der Waals surface area (Å²) in [6, 6.07) is 11.2. The highest BCUT2D eigenvalue weighted by molar-refractivity contribution is 7.11. The van der Waals surface area contributed by atoms with Gasteiger partial charge in [0.25, 0.3) is 5.91 Å². The van der Waals surface area contributed by atoms with Crippen LogP contribution in [0.4, 0.5) is 0 Å². The third-order valence-electron chi connectivity index (χ3n) is 4.66. The molecule has 1 aliphatic carbocycles. The van der Waals surface area contributed by atoms with E-state index >= 15 is 0 Å². The summed E-state index contributed by atoms with van der Waals surface area (Å²) in [5.41, 5.74) is 1.19. The summed E-state index contributed by atoms with van der Waals surface area (Å²) in [6.45, 7) is 0.674. The molecule has 0 unspecified atom stereocenters. The lowest BCUT2D eigenvalue weighted by Gasteiger charge is -2.33. The van der Waals surface area contributed by atoms with Crippen LogP contribution >= 0.6 is 11.3 Å². The number of aliphatic hydroxyl groups excluding tert-OH is 1. The molecule has 1 fully saturated rings. The van der Waals surface area contributed by atoms with Crippen LogP contribution in [0.2, 0.25) is 0 Å². The number of carbonyl (C=O) groups excluding carboxylic acids is 1. The molecule has 1 aliphatic rings. The van der Waals surface area contributed by atoms with Crippen LogP contribution in [0.3, 0.4) is 0 Å². The summed E-state index contributed by atoms with van der Waals surface area (Å²) in [5.74, 6) is 1.27. The van der Waals surface area contributed by atoms with Gasteiger partial charge in [0.15, 0.2) is 11.5 Å². The van der Waals surface area contributed by atoms with Gasteiger partial charge in [-0.1, -0.05) is 35.5 Å². The largest absolute Gasteiger partial charge is 0.391 e. The standard InChI is InChI=1S/C19H19N3O3S/c23-11-15-10-21-19(26-15)14-6-12(7-14)9-20-18(24)16-8-17(25-22-16)13-4-2-1-3-5-13/h1-5,8,10,12,14,23H,6-7,9,11H2,(H,20,24)/t12-,14-. The summed E-state index contributed by atoms with van der Waals surface area (Å²) in [5, 5.41) is 17.0. The van der Waals surface area contributed by atoms with Gasteiger partial charge in [-0.3, -0.25) is 4.79 Å². The van der Waals surface area contributed by atoms with E-state index in [0.29, 0.717) is 29.8 Å². The van der Waals surface area contributed by atoms with Crippen molar-refractivity contribution in [2.45, 2.75) is 25.4 Å². The van der Waals surface area contributed by atoms with Crippen LogP contribution in [0.15, 0.2) is 47.1 Å². The van der Waals surface area contributed by atoms with Gasteiger partial charge in [-0.15, -0.1) is 11.3 Å². The lowest BCUT2D eigenvalue weighted by Crippen LogP contribution is -2.35. The molecule has 1 amide bonds. The number of aromatic nitrogens is 2. The Morgan fingerprint density at radius 1 is 1.31 bits per heavy atom. The van der Waals surface area contributed by atoms with Crippen LogP contribution in [-0.2, 0) is 6.61 Å². The number of rotatable bonds is 6. The number of benzene rings is 1. The van der Waals surface area contributed by atoms with Gasteiger partial charge in [-0.05, 0) is 18.8 Å². The van der Waals surface area contributed by atoms with E-state index in [-0.39, 0.29) is 12.5 Å². The molecule has 0 aliphatic heterocycles. The number of nitrogens with zero attached hydrogens (tertiary/aromatic N) is 2. The first-order chi connectivity index (χ1) is 12.7. The van der Waals surface area contributed by atoms with Crippen molar-refractivity contribution in [1.82, 2.24) is 15.5 Å². The number of carbonyl (C=O) groups is 1. The van der Waals surface area contributed by atoms with E-state index in [2.05, 4.69) is 15.5 Å². The van der Waals surface area contributed by atoms with Crippen molar-refractivity contribution in [1.29, 1.82) is 0 Å². The third-order valence-corrected chi connectivity index (χ3v) is 5.81. The SMILES string of the molecule is O=C(NC[C@H]1C[C@H](c2ncc(CO)s2)C1)c1cc(-c2ccccc2)on1. The van der Waals surface area contributed by atoms with Gasteiger partial charge in [0.1, 0.15) is 0 Å². The molecule has 7 heteroatoms. The molecular formula is C19H19N3O3S. The Hall–Kier alpha value is -2.51. The second kappa shape index (κ2) is 7.39. The summed E-state index contributed by atoms with van der Waals surface area (Å²) in [4.78, 5) is 17.5. The maximum atomic E-state index is 12.3. The first kappa shape index (κ1) is 16.9. The van der Waals surface area contributed by atoms with Crippen LogP contribution in [0.25, 0.3) is 11.3 Å². The second-order valence-corrected chi connectivity index (χ2v) is 7.66. The predicted octanol–water partition coefficient (Wildman–Crippen LogP) is 3.21. The quantitative estimate of drug-likeness (QED) is 0.696. The highest BCUT2D eigenvalue weighted by Crippen LogP contribution is 2.42. The van der Waals surface area contributed by atoms with E-state index in [9.17, 15) is 4.79 Å². The van der Waals surface area contributed by atoms with Crippen molar-refractivity contribution < 1.29 is 14.4 Å². The van der Waals surface area contributed by atoms with Crippen molar-refractivity contribution in [2.75, 3.05) is 6.54 Å². The topological polar surface area (TPSA) is 88.2 Å². The van der Waals surface area contributed by atoms with Crippen LogP contribution < -0.4 is 5.32 Å². The van der Waals surface area contributed by atoms with E-state index in [0.717, 1.165) is 28.3 Å². The van der Waals surface area contributed by atoms with E-state index < -0.39 is 0 Å². The zero-order chi connectivity index (χ0) is 17.9. The van der Waals surface area contributed by atoms with E-state index in [4.69, 9.17) is 9.63 Å². The summed E-state index contributed by atoms with van der Waals surface area (Å²) in [6.07, 6.45) is 3.75. The van der Waals surface area contributed by atoms with Gasteiger partial charge >= 0.3 is 0 Å². The maximum Gasteiger partial charge on any atom is 0.273 e. The summed E-state index contributed by atoms with van der Waals surface area (Å²) < 4.78 is 5.27. The molecule has 0 radical (unpaired) electrons. The zero-order valence-electron chi connectivity index (χ0n) is 14.1. The van der Waals surface area contributed by atoms with Crippen LogP contribution in [0.5, 0.6) is 0 Å². The monoisotopic (exact) mass is 369 g/mol. The minimum absolute atomic E-state index is 0.0482. The third kappa shape index (κ3) is 3.54. The Labute approximate surface area is 154 Å². The second-order valence-electron chi connectivity index (χ2n) is 6.51. The molecule has 134 valence electrons. The van der Waals surface area contributed by atoms with Gasteiger partial charge in [0, 0.05) is 30.3 Å². The van der Waals surface area contributed by atoms with Crippen molar-refractivity contribution in [3.05, 3.63) is 58.2 Å². The van der Waals surface area contributed by atoms with Crippen LogP contribution in [-0.4, -0.2) is 27.7 Å². The molecule has 3 aromatic rings. The molecule has 2 aromatic heterocycles. The number of nitrogens with one attached hydrogen (secondary N) is 1. The van der Waals surface area contributed by atoms with Crippen molar-refractivity contribution >= 4 is 17.2 Å². The minimum atomic E-state index is -0.212. The average molecular weight is 369 g/mol. The highest BCUT2D eigenvalue weighted by atomic mass is 32.1. The van der Waals surface area contributed by atoms with Gasteiger partial charge in [0.05, 0.1) is 16.5 Å². The molecule has 4 rings (SSSR count). The lowest BCUT2D eigenvalue weighted by molar-refractivity contribution is 0.0926. The predicted molar refractivity (Wildman–Crippen MR) is 97.8 cm³/mol. The van der Waals surface area contributed by atoms with Crippen molar-refractivity contribution in [3.63, 3.8) is 0 Å². The van der Waals surface area contributed by atoms with E-state index in [1.54, 1.807) is 23.6 Å². The first-order valence-corrected chi connectivity index (χ1v) is 9.40. The fraction of sp³-hybridized carbons (Fsp3) is 0.316. The number of hydrogen-bond acceptors (Lipinski definition) is 6. The van der Waals surface area contributed by atoms with Crippen molar-refractivity contribution in [2.24, 2.45) is 5.92 Å². The number of amides is 1. The molecule has 1 aromatic carbocycles. The fourth-order valence-electron chi connectivity index (χ4n) is 3.14.